The lowest BCUT2D eigenvalue weighted by Gasteiger charge is -2.26. The Balaban J connectivity index is 1.84. The Morgan fingerprint density at radius 2 is 1.78 bits per heavy atom. The number of aryl methyl sites for hydroxylation is 1. The highest BCUT2D eigenvalue weighted by molar-refractivity contribution is 6.51. The molecule has 6 nitrogen and oxygen atoms in total. The molecule has 36 heavy (non-hydrogen) atoms. The average Bonchev–Trinajstić information content (AvgIpc) is 3.13. The van der Waals surface area contributed by atoms with Crippen LogP contribution >= 0.6 is 11.6 Å². The molecule has 7 heteroatoms. The van der Waals surface area contributed by atoms with Crippen molar-refractivity contribution in [1.29, 1.82) is 0 Å². The molecule has 1 fully saturated rings. The summed E-state index contributed by atoms with van der Waals surface area (Å²) in [5, 5.41) is 11.6. The van der Waals surface area contributed by atoms with Crippen LogP contribution in [0.15, 0.2) is 72.3 Å². The van der Waals surface area contributed by atoms with Gasteiger partial charge in [-0.15, -0.1) is 0 Å². The number of hydrogen-bond acceptors (Lipinski definition) is 5. The van der Waals surface area contributed by atoms with E-state index in [2.05, 4.69) is 13.8 Å². The molecule has 1 unspecified atom stereocenters. The van der Waals surface area contributed by atoms with Gasteiger partial charge in [0.1, 0.15) is 17.3 Å². The van der Waals surface area contributed by atoms with Crippen LogP contribution < -0.4 is 14.4 Å². The van der Waals surface area contributed by atoms with Gasteiger partial charge in [-0.1, -0.05) is 55.3 Å². The number of nitrogens with zero attached hydrogens (tertiary/aromatic N) is 1. The maximum absolute atomic E-state index is 13.3. The molecule has 0 radical (unpaired) electrons. The zero-order chi connectivity index (χ0) is 26.0. The first kappa shape index (κ1) is 25.3. The highest BCUT2D eigenvalue weighted by Gasteiger charge is 2.47. The van der Waals surface area contributed by atoms with E-state index in [9.17, 15) is 14.7 Å². The Morgan fingerprint density at radius 3 is 2.39 bits per heavy atom. The fourth-order valence-electron chi connectivity index (χ4n) is 4.19. The lowest BCUT2D eigenvalue weighted by atomic mass is 9.94. The number of anilines is 1. The number of aliphatic hydroxyl groups is 1. The van der Waals surface area contributed by atoms with Crippen molar-refractivity contribution in [3.05, 3.63) is 94.0 Å². The van der Waals surface area contributed by atoms with Gasteiger partial charge in [-0.3, -0.25) is 14.5 Å². The summed E-state index contributed by atoms with van der Waals surface area (Å²) in [6.45, 7) is 6.62. The van der Waals surface area contributed by atoms with Gasteiger partial charge in [-0.25, -0.2) is 0 Å². The largest absolute Gasteiger partial charge is 0.507 e. The van der Waals surface area contributed by atoms with E-state index in [1.165, 1.54) is 18.1 Å². The van der Waals surface area contributed by atoms with Crippen LogP contribution in [0, 0.1) is 12.8 Å². The van der Waals surface area contributed by atoms with Crippen LogP contribution in [-0.4, -0.2) is 30.5 Å². The van der Waals surface area contributed by atoms with Crippen molar-refractivity contribution in [2.45, 2.75) is 26.8 Å². The molecule has 1 aliphatic rings. The van der Waals surface area contributed by atoms with Gasteiger partial charge >= 0.3 is 0 Å². The lowest BCUT2D eigenvalue weighted by Crippen LogP contribution is -2.29. The second-order valence-corrected chi connectivity index (χ2v) is 9.54. The highest BCUT2D eigenvalue weighted by Crippen LogP contribution is 2.43. The van der Waals surface area contributed by atoms with E-state index in [1.807, 2.05) is 31.2 Å². The van der Waals surface area contributed by atoms with E-state index in [4.69, 9.17) is 21.1 Å². The molecule has 1 N–H and O–H groups in total. The maximum atomic E-state index is 13.3. The van der Waals surface area contributed by atoms with E-state index in [0.29, 0.717) is 40.8 Å². The molecule has 1 amide bonds. The number of rotatable bonds is 7. The number of ether oxygens (including phenoxy) is 2. The van der Waals surface area contributed by atoms with Crippen LogP contribution in [0.2, 0.25) is 5.02 Å². The minimum Gasteiger partial charge on any atom is -0.507 e. The predicted octanol–water partition coefficient (Wildman–Crippen LogP) is 6.32. The molecule has 1 saturated heterocycles. The van der Waals surface area contributed by atoms with Gasteiger partial charge < -0.3 is 14.6 Å². The monoisotopic (exact) mass is 505 g/mol. The van der Waals surface area contributed by atoms with Gasteiger partial charge in [0.25, 0.3) is 11.7 Å². The zero-order valence-electron chi connectivity index (χ0n) is 20.6. The van der Waals surface area contributed by atoms with Crippen molar-refractivity contribution in [2.24, 2.45) is 5.92 Å². The number of Topliss-reactive ketones (excluding diaryl/α,β-unsaturated/α-hetero) is 1. The minimum absolute atomic E-state index is 0.00744. The van der Waals surface area contributed by atoms with E-state index in [0.717, 1.165) is 5.56 Å². The van der Waals surface area contributed by atoms with Crippen molar-refractivity contribution < 1.29 is 24.2 Å². The number of carbonyl (C=O) groups excluding carboxylic acids is 2. The minimum atomic E-state index is -0.826. The Morgan fingerprint density at radius 1 is 1.06 bits per heavy atom. The summed E-state index contributed by atoms with van der Waals surface area (Å²) in [5.41, 5.74) is 2.49. The number of halogens is 1. The van der Waals surface area contributed by atoms with Gasteiger partial charge in [0.05, 0.1) is 30.4 Å². The van der Waals surface area contributed by atoms with Crippen LogP contribution in [0.1, 0.15) is 36.6 Å². The van der Waals surface area contributed by atoms with Crippen molar-refractivity contribution in [3.63, 3.8) is 0 Å². The molecule has 0 bridgehead atoms. The SMILES string of the molecule is COc1ccc(/C(O)=C2/C(=O)C(=O)N(c3ccc(OCC(C)C)cc3)C2c2cccc(C)c2)cc1Cl. The van der Waals surface area contributed by atoms with Gasteiger partial charge in [0.15, 0.2) is 0 Å². The number of aliphatic hydroxyl groups excluding tert-OH is 1. The molecule has 1 aliphatic heterocycles. The summed E-state index contributed by atoms with van der Waals surface area (Å²) in [4.78, 5) is 28.1. The van der Waals surface area contributed by atoms with Crippen LogP contribution in [0.4, 0.5) is 5.69 Å². The topological polar surface area (TPSA) is 76.1 Å². The van der Waals surface area contributed by atoms with E-state index >= 15 is 0 Å². The summed E-state index contributed by atoms with van der Waals surface area (Å²) in [5.74, 6) is -0.323. The molecule has 0 saturated carbocycles. The molecule has 1 atom stereocenters. The third-order valence-corrected chi connectivity index (χ3v) is 6.22. The Labute approximate surface area is 215 Å². The first-order valence-electron chi connectivity index (χ1n) is 11.7. The molecule has 3 aromatic carbocycles. The third kappa shape index (κ3) is 4.95. The second-order valence-electron chi connectivity index (χ2n) is 9.13. The molecule has 3 aromatic rings. The van der Waals surface area contributed by atoms with Gasteiger partial charge in [0.2, 0.25) is 0 Å². The number of methoxy groups -OCH3 is 1. The number of ketones is 1. The predicted molar refractivity (Wildman–Crippen MR) is 141 cm³/mol. The van der Waals surface area contributed by atoms with Crippen molar-refractivity contribution in [3.8, 4) is 11.5 Å². The molecular formula is C29H28ClNO5. The smallest absolute Gasteiger partial charge is 0.300 e. The number of carbonyl (C=O) groups is 2. The van der Waals surface area contributed by atoms with Crippen molar-refractivity contribution in [1.82, 2.24) is 0 Å². The summed E-state index contributed by atoms with van der Waals surface area (Å²) in [7, 11) is 1.49. The number of benzene rings is 3. The molecular weight excluding hydrogens is 478 g/mol. The van der Waals surface area contributed by atoms with Crippen molar-refractivity contribution >= 4 is 34.7 Å². The van der Waals surface area contributed by atoms with E-state index in [1.54, 1.807) is 36.4 Å². The van der Waals surface area contributed by atoms with Crippen LogP contribution in [-0.2, 0) is 9.59 Å². The first-order chi connectivity index (χ1) is 17.2. The fourth-order valence-corrected chi connectivity index (χ4v) is 4.45. The van der Waals surface area contributed by atoms with Crippen LogP contribution in [0.5, 0.6) is 11.5 Å². The van der Waals surface area contributed by atoms with Gasteiger partial charge in [-0.05, 0) is 60.9 Å². The quantitative estimate of drug-likeness (QED) is 0.231. The Bertz CT molecular complexity index is 1330. The molecule has 0 aliphatic carbocycles. The summed E-state index contributed by atoms with van der Waals surface area (Å²) >= 11 is 6.27. The van der Waals surface area contributed by atoms with E-state index < -0.39 is 17.7 Å². The summed E-state index contributed by atoms with van der Waals surface area (Å²) in [6, 6.07) is 18.4. The molecule has 186 valence electrons. The lowest BCUT2D eigenvalue weighted by molar-refractivity contribution is -0.132. The third-order valence-electron chi connectivity index (χ3n) is 5.93. The molecule has 0 spiro atoms. The number of amides is 1. The van der Waals surface area contributed by atoms with Crippen molar-refractivity contribution in [2.75, 3.05) is 18.6 Å². The maximum Gasteiger partial charge on any atom is 0.300 e. The Hall–Kier alpha value is -3.77. The van der Waals surface area contributed by atoms with Crippen LogP contribution in [0.25, 0.3) is 5.76 Å². The fraction of sp³-hybridized carbons (Fsp3) is 0.241. The van der Waals surface area contributed by atoms with Gasteiger partial charge in [0, 0.05) is 11.3 Å². The molecule has 0 aromatic heterocycles. The first-order valence-corrected chi connectivity index (χ1v) is 12.0. The Kier molecular flexibility index (Phi) is 7.36. The summed E-state index contributed by atoms with van der Waals surface area (Å²) in [6.07, 6.45) is 0. The zero-order valence-corrected chi connectivity index (χ0v) is 21.4. The molecule has 4 rings (SSSR count). The average molecular weight is 506 g/mol. The van der Waals surface area contributed by atoms with Crippen LogP contribution in [0.3, 0.4) is 0 Å². The number of hydrogen-bond donors (Lipinski definition) is 1. The summed E-state index contributed by atoms with van der Waals surface area (Å²) < 4.78 is 11.0. The molecule has 1 heterocycles. The second kappa shape index (κ2) is 10.5. The van der Waals surface area contributed by atoms with E-state index in [-0.39, 0.29) is 16.4 Å². The standard InChI is InChI=1S/C29H28ClNO5/c1-17(2)16-36-22-11-9-21(10-12-22)31-26(19-7-5-6-18(3)14-19)25(28(33)29(31)34)27(32)20-8-13-24(35-4)23(30)15-20/h5-15,17,26,32H,16H2,1-4H3/b27-25-. The highest BCUT2D eigenvalue weighted by atomic mass is 35.5. The normalized spacial score (nSPS) is 17.1. The van der Waals surface area contributed by atoms with Gasteiger partial charge in [-0.2, -0.15) is 0 Å².